The second kappa shape index (κ2) is 4.19. The highest BCUT2D eigenvalue weighted by molar-refractivity contribution is 8.00. The minimum absolute atomic E-state index is 0.167. The van der Waals surface area contributed by atoms with Gasteiger partial charge in [0, 0.05) is 22.9 Å². The van der Waals surface area contributed by atoms with Crippen LogP contribution in [0.5, 0.6) is 0 Å². The van der Waals surface area contributed by atoms with Crippen LogP contribution in [0.2, 0.25) is 0 Å². The molecule has 0 aliphatic carbocycles. The lowest BCUT2D eigenvalue weighted by Gasteiger charge is -2.28. The Hall–Kier alpha value is -1.63. The van der Waals surface area contributed by atoms with Gasteiger partial charge < -0.3 is 10.3 Å². The van der Waals surface area contributed by atoms with Crippen molar-refractivity contribution in [3.05, 3.63) is 34.6 Å². The van der Waals surface area contributed by atoms with Crippen LogP contribution in [0.4, 0.5) is 18.9 Å². The fourth-order valence-electron chi connectivity index (χ4n) is 2.07. The molecule has 0 bridgehead atoms. The zero-order valence-corrected chi connectivity index (χ0v) is 10.4. The SMILES string of the molecule is O=c1ccc2c3c(ccc2[nH]1)SC(C(F)(F)F)CN3. The Kier molecular flexibility index (Phi) is 2.74. The number of halogens is 3. The first-order valence-corrected chi connectivity index (χ1v) is 6.46. The second-order valence-electron chi connectivity index (χ2n) is 4.25. The van der Waals surface area contributed by atoms with E-state index >= 15 is 0 Å². The van der Waals surface area contributed by atoms with Crippen molar-refractivity contribution in [2.45, 2.75) is 16.3 Å². The smallest absolute Gasteiger partial charge is 0.382 e. The van der Waals surface area contributed by atoms with Gasteiger partial charge in [-0.2, -0.15) is 13.2 Å². The molecule has 1 unspecified atom stereocenters. The zero-order chi connectivity index (χ0) is 13.6. The monoisotopic (exact) mass is 286 g/mol. The highest BCUT2D eigenvalue weighted by atomic mass is 32.2. The molecule has 100 valence electrons. The summed E-state index contributed by atoms with van der Waals surface area (Å²) in [6.45, 7) is -0.167. The molecule has 19 heavy (non-hydrogen) atoms. The summed E-state index contributed by atoms with van der Waals surface area (Å²) in [6, 6.07) is 6.21. The second-order valence-corrected chi connectivity index (χ2v) is 5.50. The molecule has 0 saturated heterocycles. The van der Waals surface area contributed by atoms with Crippen LogP contribution < -0.4 is 10.9 Å². The number of alkyl halides is 3. The van der Waals surface area contributed by atoms with E-state index in [0.29, 0.717) is 16.1 Å². The van der Waals surface area contributed by atoms with Crippen molar-refractivity contribution in [1.82, 2.24) is 4.98 Å². The summed E-state index contributed by atoms with van der Waals surface area (Å²) in [5.41, 5.74) is 1.04. The summed E-state index contributed by atoms with van der Waals surface area (Å²) in [5, 5.41) is 2.10. The quantitative estimate of drug-likeness (QED) is 0.782. The van der Waals surface area contributed by atoms with E-state index in [-0.39, 0.29) is 12.1 Å². The third-order valence-electron chi connectivity index (χ3n) is 2.97. The summed E-state index contributed by atoms with van der Waals surface area (Å²) in [5.74, 6) is 0. The van der Waals surface area contributed by atoms with Crippen molar-refractivity contribution in [1.29, 1.82) is 0 Å². The molecule has 2 N–H and O–H groups in total. The molecule has 7 heteroatoms. The van der Waals surface area contributed by atoms with E-state index in [1.54, 1.807) is 18.2 Å². The van der Waals surface area contributed by atoms with Crippen LogP contribution in [0.25, 0.3) is 10.9 Å². The van der Waals surface area contributed by atoms with Crippen molar-refractivity contribution < 1.29 is 13.2 Å². The van der Waals surface area contributed by atoms with E-state index in [1.807, 2.05) is 0 Å². The molecule has 0 fully saturated rings. The van der Waals surface area contributed by atoms with Crippen LogP contribution in [0, 0.1) is 0 Å². The van der Waals surface area contributed by atoms with Gasteiger partial charge in [-0.15, -0.1) is 11.8 Å². The van der Waals surface area contributed by atoms with Crippen molar-refractivity contribution in [2.75, 3.05) is 11.9 Å². The van der Waals surface area contributed by atoms with Gasteiger partial charge in [0.2, 0.25) is 5.56 Å². The van der Waals surface area contributed by atoms with Gasteiger partial charge in [-0.05, 0) is 18.2 Å². The van der Waals surface area contributed by atoms with E-state index in [1.165, 1.54) is 6.07 Å². The number of hydrogen-bond acceptors (Lipinski definition) is 3. The van der Waals surface area contributed by atoms with Gasteiger partial charge >= 0.3 is 6.18 Å². The average Bonchev–Trinajstić information content (AvgIpc) is 2.36. The molecule has 0 radical (unpaired) electrons. The maximum absolute atomic E-state index is 12.7. The van der Waals surface area contributed by atoms with E-state index in [0.717, 1.165) is 17.1 Å². The Morgan fingerprint density at radius 2 is 2.00 bits per heavy atom. The third-order valence-corrected chi connectivity index (χ3v) is 4.28. The molecule has 1 aliphatic heterocycles. The van der Waals surface area contributed by atoms with E-state index in [4.69, 9.17) is 0 Å². The Bertz CT molecular complexity index is 695. The summed E-state index contributed by atoms with van der Waals surface area (Å²) < 4.78 is 38.1. The van der Waals surface area contributed by atoms with Gasteiger partial charge in [-0.25, -0.2) is 0 Å². The van der Waals surface area contributed by atoms with E-state index in [2.05, 4.69) is 10.3 Å². The highest BCUT2D eigenvalue weighted by Crippen LogP contribution is 2.44. The van der Waals surface area contributed by atoms with Crippen LogP contribution >= 0.6 is 11.8 Å². The predicted molar refractivity (Wildman–Crippen MR) is 68.8 cm³/mol. The number of H-pyrrole nitrogens is 1. The minimum atomic E-state index is -4.23. The topological polar surface area (TPSA) is 44.9 Å². The van der Waals surface area contributed by atoms with Crippen LogP contribution in [0.1, 0.15) is 0 Å². The highest BCUT2D eigenvalue weighted by Gasteiger charge is 2.42. The van der Waals surface area contributed by atoms with Gasteiger partial charge in [-0.1, -0.05) is 0 Å². The molecule has 0 saturated carbocycles. The Balaban J connectivity index is 2.09. The number of rotatable bonds is 0. The largest absolute Gasteiger partial charge is 0.402 e. The molecule has 1 aromatic heterocycles. The van der Waals surface area contributed by atoms with Crippen molar-refractivity contribution in [3.8, 4) is 0 Å². The Morgan fingerprint density at radius 3 is 2.74 bits per heavy atom. The van der Waals surface area contributed by atoms with Gasteiger partial charge in [0.15, 0.2) is 0 Å². The summed E-state index contributed by atoms with van der Waals surface area (Å²) in [6.07, 6.45) is -4.23. The normalized spacial score (nSPS) is 19.0. The number of benzene rings is 1. The summed E-state index contributed by atoms with van der Waals surface area (Å²) in [7, 11) is 0. The number of pyridine rings is 1. The lowest BCUT2D eigenvalue weighted by Crippen LogP contribution is -2.35. The molecule has 1 atom stereocenters. The van der Waals surface area contributed by atoms with Crippen LogP contribution in [0.15, 0.2) is 34.0 Å². The molecule has 3 nitrogen and oxygen atoms in total. The lowest BCUT2D eigenvalue weighted by atomic mass is 10.1. The molecule has 2 aromatic rings. The first-order valence-electron chi connectivity index (χ1n) is 5.58. The fraction of sp³-hybridized carbons (Fsp3) is 0.250. The predicted octanol–water partition coefficient (Wildman–Crippen LogP) is 2.98. The number of hydrogen-bond donors (Lipinski definition) is 2. The molecular formula is C12H9F3N2OS. The molecule has 1 aromatic carbocycles. The maximum atomic E-state index is 12.7. The Morgan fingerprint density at radius 1 is 1.21 bits per heavy atom. The summed E-state index contributed by atoms with van der Waals surface area (Å²) in [4.78, 5) is 14.4. The first-order chi connectivity index (χ1) is 8.95. The number of nitrogens with one attached hydrogen (secondary N) is 2. The number of aromatic nitrogens is 1. The third kappa shape index (κ3) is 2.18. The van der Waals surface area contributed by atoms with Crippen molar-refractivity contribution >= 4 is 28.4 Å². The number of thioether (sulfide) groups is 1. The molecule has 3 rings (SSSR count). The number of fused-ring (bicyclic) bond motifs is 3. The van der Waals surface area contributed by atoms with Gasteiger partial charge in [0.25, 0.3) is 0 Å². The molecule has 0 spiro atoms. The van der Waals surface area contributed by atoms with Gasteiger partial charge in [-0.3, -0.25) is 4.79 Å². The van der Waals surface area contributed by atoms with Crippen molar-refractivity contribution in [3.63, 3.8) is 0 Å². The number of aromatic amines is 1. The first kappa shape index (κ1) is 12.4. The van der Waals surface area contributed by atoms with Crippen LogP contribution in [0.3, 0.4) is 0 Å². The van der Waals surface area contributed by atoms with Crippen LogP contribution in [-0.4, -0.2) is 23.0 Å². The molecule has 0 amide bonds. The van der Waals surface area contributed by atoms with Crippen LogP contribution in [-0.2, 0) is 0 Å². The zero-order valence-electron chi connectivity index (χ0n) is 9.54. The fourth-order valence-corrected chi connectivity index (χ4v) is 3.12. The maximum Gasteiger partial charge on any atom is 0.402 e. The Labute approximate surface area is 110 Å². The van der Waals surface area contributed by atoms with Crippen molar-refractivity contribution in [2.24, 2.45) is 0 Å². The number of anilines is 1. The standard InChI is InChI=1S/C12H9F3N2OS/c13-12(14,15)9-5-16-11-6-1-4-10(18)17-7(6)2-3-8(11)19-9/h1-4,9,16H,5H2,(H,17,18). The van der Waals surface area contributed by atoms with Gasteiger partial charge in [0.05, 0.1) is 11.2 Å². The molecular weight excluding hydrogens is 277 g/mol. The summed E-state index contributed by atoms with van der Waals surface area (Å²) >= 11 is 0.803. The molecule has 1 aliphatic rings. The van der Waals surface area contributed by atoms with Gasteiger partial charge in [0.1, 0.15) is 5.25 Å². The molecule has 2 heterocycles. The van der Waals surface area contributed by atoms with E-state index in [9.17, 15) is 18.0 Å². The minimum Gasteiger partial charge on any atom is -0.382 e. The van der Waals surface area contributed by atoms with E-state index < -0.39 is 11.4 Å². The average molecular weight is 286 g/mol. The lowest BCUT2D eigenvalue weighted by molar-refractivity contribution is -0.126.